The molecule has 52 valence electrons. The van der Waals surface area contributed by atoms with Gasteiger partial charge in [-0.05, 0) is 6.42 Å². The highest BCUT2D eigenvalue weighted by Crippen LogP contribution is 1.97. The predicted molar refractivity (Wildman–Crippen MR) is 37.4 cm³/mol. The quantitative estimate of drug-likeness (QED) is 0.547. The van der Waals surface area contributed by atoms with Crippen molar-refractivity contribution in [2.75, 3.05) is 19.8 Å². The number of hydrogen-bond acceptors (Lipinski definition) is 2. The van der Waals surface area contributed by atoms with Crippen LogP contribution in [-0.2, 0) is 4.74 Å². The minimum absolute atomic E-state index is 0.510. The Morgan fingerprint density at radius 2 is 2.67 bits per heavy atom. The van der Waals surface area contributed by atoms with E-state index in [2.05, 4.69) is 11.9 Å². The molecule has 2 heteroatoms. The van der Waals surface area contributed by atoms with E-state index in [1.165, 1.54) is 0 Å². The molecule has 1 aliphatic rings. The van der Waals surface area contributed by atoms with Crippen molar-refractivity contribution in [2.45, 2.75) is 12.5 Å². The minimum Gasteiger partial charge on any atom is -0.379 e. The average Bonchev–Trinajstić information content (AvgIpc) is 1.91. The summed E-state index contributed by atoms with van der Waals surface area (Å²) in [5.74, 6) is 0. The molecule has 0 aromatic heterocycles. The van der Waals surface area contributed by atoms with Crippen LogP contribution in [0.25, 0.3) is 0 Å². The summed E-state index contributed by atoms with van der Waals surface area (Å²) in [5, 5.41) is 3.32. The average molecular weight is 127 g/mol. The van der Waals surface area contributed by atoms with Crippen LogP contribution < -0.4 is 5.32 Å². The Kier molecular flexibility index (Phi) is 2.74. The first-order chi connectivity index (χ1) is 4.43. The maximum atomic E-state index is 5.22. The number of hydrogen-bond donors (Lipinski definition) is 1. The zero-order valence-electron chi connectivity index (χ0n) is 5.60. The molecule has 9 heavy (non-hydrogen) atoms. The van der Waals surface area contributed by atoms with Gasteiger partial charge in [0, 0.05) is 12.6 Å². The van der Waals surface area contributed by atoms with Crippen LogP contribution in [-0.4, -0.2) is 25.8 Å². The van der Waals surface area contributed by atoms with Crippen molar-refractivity contribution >= 4 is 0 Å². The van der Waals surface area contributed by atoms with Gasteiger partial charge in [0.2, 0.25) is 0 Å². The van der Waals surface area contributed by atoms with Gasteiger partial charge < -0.3 is 10.1 Å². The molecule has 1 unspecified atom stereocenters. The second-order valence-corrected chi connectivity index (χ2v) is 2.25. The molecule has 1 atom stereocenters. The fraction of sp³-hybridized carbons (Fsp3) is 0.714. The molecule has 0 aliphatic carbocycles. The SMILES string of the molecule is C=CCC1COCCN1. The van der Waals surface area contributed by atoms with Gasteiger partial charge in [0.05, 0.1) is 13.2 Å². The molecule has 0 spiro atoms. The molecule has 1 N–H and O–H groups in total. The lowest BCUT2D eigenvalue weighted by Crippen LogP contribution is -2.40. The highest BCUT2D eigenvalue weighted by molar-refractivity contribution is 4.79. The van der Waals surface area contributed by atoms with Gasteiger partial charge in [0.1, 0.15) is 0 Å². The summed E-state index contributed by atoms with van der Waals surface area (Å²) in [4.78, 5) is 0. The number of nitrogens with one attached hydrogen (secondary N) is 1. The van der Waals surface area contributed by atoms with E-state index in [-0.39, 0.29) is 0 Å². The van der Waals surface area contributed by atoms with Crippen LogP contribution in [0.1, 0.15) is 6.42 Å². The molecule has 2 nitrogen and oxygen atoms in total. The van der Waals surface area contributed by atoms with Crippen LogP contribution in [0.2, 0.25) is 0 Å². The van der Waals surface area contributed by atoms with E-state index >= 15 is 0 Å². The fourth-order valence-corrected chi connectivity index (χ4v) is 0.972. The lowest BCUT2D eigenvalue weighted by Gasteiger charge is -2.22. The number of ether oxygens (including phenoxy) is 1. The fourth-order valence-electron chi connectivity index (χ4n) is 0.972. The molecule has 1 fully saturated rings. The summed E-state index contributed by atoms with van der Waals surface area (Å²) in [6.45, 7) is 6.34. The van der Waals surface area contributed by atoms with E-state index in [4.69, 9.17) is 4.74 Å². The Labute approximate surface area is 55.9 Å². The van der Waals surface area contributed by atoms with Crippen LogP contribution in [0.15, 0.2) is 12.7 Å². The summed E-state index contributed by atoms with van der Waals surface area (Å²) < 4.78 is 5.22. The van der Waals surface area contributed by atoms with Crippen molar-refractivity contribution in [3.63, 3.8) is 0 Å². The molecule has 0 radical (unpaired) electrons. The minimum atomic E-state index is 0.510. The Morgan fingerprint density at radius 3 is 3.22 bits per heavy atom. The van der Waals surface area contributed by atoms with E-state index < -0.39 is 0 Å². The first-order valence-electron chi connectivity index (χ1n) is 3.35. The van der Waals surface area contributed by atoms with Crippen LogP contribution >= 0.6 is 0 Å². The molecule has 0 amide bonds. The zero-order chi connectivity index (χ0) is 6.53. The second-order valence-electron chi connectivity index (χ2n) is 2.25. The largest absolute Gasteiger partial charge is 0.379 e. The summed E-state index contributed by atoms with van der Waals surface area (Å²) in [5.41, 5.74) is 0. The van der Waals surface area contributed by atoms with E-state index in [1.54, 1.807) is 0 Å². The van der Waals surface area contributed by atoms with Crippen molar-refractivity contribution in [3.05, 3.63) is 12.7 Å². The molecule has 1 rings (SSSR count). The smallest absolute Gasteiger partial charge is 0.0623 e. The van der Waals surface area contributed by atoms with Gasteiger partial charge in [-0.3, -0.25) is 0 Å². The van der Waals surface area contributed by atoms with Crippen LogP contribution in [0.5, 0.6) is 0 Å². The van der Waals surface area contributed by atoms with Gasteiger partial charge in [0.25, 0.3) is 0 Å². The zero-order valence-corrected chi connectivity index (χ0v) is 5.60. The van der Waals surface area contributed by atoms with Crippen molar-refractivity contribution in [1.82, 2.24) is 5.32 Å². The molecule has 0 bridgehead atoms. The van der Waals surface area contributed by atoms with Crippen molar-refractivity contribution < 1.29 is 4.74 Å². The Bertz CT molecular complexity index is 86.9. The highest BCUT2D eigenvalue weighted by Gasteiger charge is 2.09. The molecule has 0 saturated carbocycles. The van der Waals surface area contributed by atoms with Crippen molar-refractivity contribution in [1.29, 1.82) is 0 Å². The molecular weight excluding hydrogens is 114 g/mol. The predicted octanol–water partition coefficient (Wildman–Crippen LogP) is 0.551. The van der Waals surface area contributed by atoms with Gasteiger partial charge in [-0.1, -0.05) is 6.08 Å². The molecule has 1 heterocycles. The summed E-state index contributed by atoms with van der Waals surface area (Å²) in [6.07, 6.45) is 2.94. The Hall–Kier alpha value is -0.340. The normalized spacial score (nSPS) is 27.8. The van der Waals surface area contributed by atoms with Gasteiger partial charge >= 0.3 is 0 Å². The monoisotopic (exact) mass is 127 g/mol. The summed E-state index contributed by atoms with van der Waals surface area (Å²) in [7, 11) is 0. The van der Waals surface area contributed by atoms with Crippen LogP contribution in [0, 0.1) is 0 Å². The third-order valence-electron chi connectivity index (χ3n) is 1.45. The van der Waals surface area contributed by atoms with Gasteiger partial charge in [0.15, 0.2) is 0 Å². The van der Waals surface area contributed by atoms with Crippen LogP contribution in [0.4, 0.5) is 0 Å². The summed E-state index contributed by atoms with van der Waals surface area (Å²) in [6, 6.07) is 0.510. The van der Waals surface area contributed by atoms with Gasteiger partial charge in [-0.2, -0.15) is 0 Å². The van der Waals surface area contributed by atoms with Crippen molar-refractivity contribution in [2.24, 2.45) is 0 Å². The Balaban J connectivity index is 2.15. The van der Waals surface area contributed by atoms with Crippen molar-refractivity contribution in [3.8, 4) is 0 Å². The van der Waals surface area contributed by atoms with E-state index in [9.17, 15) is 0 Å². The third kappa shape index (κ3) is 2.16. The third-order valence-corrected chi connectivity index (χ3v) is 1.45. The first-order valence-corrected chi connectivity index (χ1v) is 3.35. The van der Waals surface area contributed by atoms with E-state index in [0.29, 0.717) is 6.04 Å². The lowest BCUT2D eigenvalue weighted by atomic mass is 10.2. The highest BCUT2D eigenvalue weighted by atomic mass is 16.5. The van der Waals surface area contributed by atoms with Gasteiger partial charge in [-0.15, -0.1) is 6.58 Å². The molecule has 0 aromatic carbocycles. The standard InChI is InChI=1S/C7H13NO/c1-2-3-7-6-9-5-4-8-7/h2,7-8H,1,3-6H2. The second kappa shape index (κ2) is 3.64. The Morgan fingerprint density at radius 1 is 1.78 bits per heavy atom. The maximum absolute atomic E-state index is 5.22. The molecular formula is C7H13NO. The lowest BCUT2D eigenvalue weighted by molar-refractivity contribution is 0.0778. The van der Waals surface area contributed by atoms with E-state index in [1.807, 2.05) is 6.08 Å². The number of rotatable bonds is 2. The van der Waals surface area contributed by atoms with Crippen LogP contribution in [0.3, 0.4) is 0 Å². The molecule has 1 saturated heterocycles. The molecule has 1 aliphatic heterocycles. The summed E-state index contributed by atoms with van der Waals surface area (Å²) >= 11 is 0. The van der Waals surface area contributed by atoms with E-state index in [0.717, 1.165) is 26.2 Å². The molecule has 0 aromatic rings. The topological polar surface area (TPSA) is 21.3 Å². The first kappa shape index (κ1) is 6.78. The van der Waals surface area contributed by atoms with Gasteiger partial charge in [-0.25, -0.2) is 0 Å². The number of morpholine rings is 1. The maximum Gasteiger partial charge on any atom is 0.0623 e.